The molecule has 1 saturated carbocycles. The Bertz CT molecular complexity index is 708. The SMILES string of the molecule is CC(=O)c1ccc(N2CCN(C(=O)CN(C(C)C)C3CCCC3)CC2)c(F)c1. The topological polar surface area (TPSA) is 43.9 Å². The molecule has 28 heavy (non-hydrogen) atoms. The summed E-state index contributed by atoms with van der Waals surface area (Å²) in [6.07, 6.45) is 4.90. The van der Waals surface area contributed by atoms with Gasteiger partial charge in [0.25, 0.3) is 0 Å². The molecule has 1 aromatic rings. The molecule has 1 aromatic carbocycles. The fourth-order valence-electron chi connectivity index (χ4n) is 4.40. The second-order valence-corrected chi connectivity index (χ2v) is 8.29. The smallest absolute Gasteiger partial charge is 0.236 e. The second-order valence-electron chi connectivity index (χ2n) is 8.29. The molecule has 0 radical (unpaired) electrons. The van der Waals surface area contributed by atoms with Crippen LogP contribution >= 0.6 is 0 Å². The predicted molar refractivity (Wildman–Crippen MR) is 109 cm³/mol. The lowest BCUT2D eigenvalue weighted by molar-refractivity contribution is -0.133. The van der Waals surface area contributed by atoms with E-state index in [2.05, 4.69) is 18.7 Å². The quantitative estimate of drug-likeness (QED) is 0.700. The largest absolute Gasteiger partial charge is 0.366 e. The standard InChI is InChI=1S/C22H32FN3O2/c1-16(2)26(19-6-4-5-7-19)15-22(28)25-12-10-24(11-13-25)21-9-8-18(17(3)27)14-20(21)23/h8-9,14,16,19H,4-7,10-13,15H2,1-3H3. The van der Waals surface area contributed by atoms with Gasteiger partial charge in [-0.25, -0.2) is 4.39 Å². The number of ketones is 1. The van der Waals surface area contributed by atoms with Crippen molar-refractivity contribution in [3.63, 3.8) is 0 Å². The lowest BCUT2D eigenvalue weighted by atomic mass is 10.1. The van der Waals surface area contributed by atoms with E-state index in [0.717, 1.165) is 0 Å². The summed E-state index contributed by atoms with van der Waals surface area (Å²) in [6, 6.07) is 5.53. The molecule has 0 bridgehead atoms. The van der Waals surface area contributed by atoms with Gasteiger partial charge in [0.15, 0.2) is 5.78 Å². The summed E-state index contributed by atoms with van der Waals surface area (Å²) in [7, 11) is 0. The molecule has 5 nitrogen and oxygen atoms in total. The molecule has 1 heterocycles. The molecule has 0 unspecified atom stereocenters. The Hall–Kier alpha value is -1.95. The number of piperazine rings is 1. The van der Waals surface area contributed by atoms with E-state index in [4.69, 9.17) is 0 Å². The second kappa shape index (κ2) is 9.03. The number of anilines is 1. The highest BCUT2D eigenvalue weighted by Gasteiger charge is 2.29. The Morgan fingerprint density at radius 1 is 1.14 bits per heavy atom. The average molecular weight is 390 g/mol. The van der Waals surface area contributed by atoms with Crippen LogP contribution < -0.4 is 4.90 Å². The fraction of sp³-hybridized carbons (Fsp3) is 0.636. The Morgan fingerprint density at radius 3 is 2.32 bits per heavy atom. The lowest BCUT2D eigenvalue weighted by Crippen LogP contribution is -2.53. The number of rotatable bonds is 6. The van der Waals surface area contributed by atoms with Crippen molar-refractivity contribution in [2.45, 2.75) is 58.5 Å². The normalized spacial score (nSPS) is 18.4. The molecule has 0 spiro atoms. The van der Waals surface area contributed by atoms with Crippen molar-refractivity contribution in [3.8, 4) is 0 Å². The molecule has 1 aliphatic carbocycles. The minimum absolute atomic E-state index is 0.141. The molecule has 1 aliphatic heterocycles. The van der Waals surface area contributed by atoms with Gasteiger partial charge in [-0.05, 0) is 51.8 Å². The number of carbonyl (C=O) groups is 2. The van der Waals surface area contributed by atoms with E-state index in [9.17, 15) is 14.0 Å². The van der Waals surface area contributed by atoms with Crippen LogP contribution in [0.2, 0.25) is 0 Å². The van der Waals surface area contributed by atoms with E-state index < -0.39 is 0 Å². The van der Waals surface area contributed by atoms with Gasteiger partial charge in [0.05, 0.1) is 12.2 Å². The zero-order valence-corrected chi connectivity index (χ0v) is 17.3. The maximum atomic E-state index is 14.4. The maximum absolute atomic E-state index is 14.4. The molecular weight excluding hydrogens is 357 g/mol. The molecule has 0 N–H and O–H groups in total. The number of Topliss-reactive ketones (excluding diaryl/α,β-unsaturated/α-hetero) is 1. The van der Waals surface area contributed by atoms with Crippen LogP contribution in [-0.2, 0) is 4.79 Å². The summed E-state index contributed by atoms with van der Waals surface area (Å²) in [4.78, 5) is 30.5. The number of hydrogen-bond donors (Lipinski definition) is 0. The molecule has 0 aromatic heterocycles. The van der Waals surface area contributed by atoms with Gasteiger partial charge in [0, 0.05) is 43.8 Å². The number of nitrogens with zero attached hydrogens (tertiary/aromatic N) is 3. The summed E-state index contributed by atoms with van der Waals surface area (Å²) < 4.78 is 14.4. The van der Waals surface area contributed by atoms with Crippen LogP contribution in [0.5, 0.6) is 0 Å². The number of carbonyl (C=O) groups excluding carboxylic acids is 2. The van der Waals surface area contributed by atoms with Crippen LogP contribution in [0.15, 0.2) is 18.2 Å². The monoisotopic (exact) mass is 389 g/mol. The van der Waals surface area contributed by atoms with Gasteiger partial charge >= 0.3 is 0 Å². The van der Waals surface area contributed by atoms with Gasteiger partial charge in [0.1, 0.15) is 5.82 Å². The van der Waals surface area contributed by atoms with Crippen molar-refractivity contribution in [2.24, 2.45) is 0 Å². The third-order valence-corrected chi connectivity index (χ3v) is 6.10. The average Bonchev–Trinajstić information content (AvgIpc) is 3.20. The zero-order chi connectivity index (χ0) is 20.3. The Labute approximate surface area is 167 Å². The van der Waals surface area contributed by atoms with E-state index in [-0.39, 0.29) is 17.5 Å². The van der Waals surface area contributed by atoms with E-state index in [0.29, 0.717) is 56.1 Å². The van der Waals surface area contributed by atoms with Gasteiger partial charge in [-0.3, -0.25) is 14.5 Å². The summed E-state index contributed by atoms with van der Waals surface area (Å²) in [6.45, 7) is 8.65. The first-order valence-corrected chi connectivity index (χ1v) is 10.5. The summed E-state index contributed by atoms with van der Waals surface area (Å²) in [5.74, 6) is -0.342. The zero-order valence-electron chi connectivity index (χ0n) is 17.3. The van der Waals surface area contributed by atoms with Gasteiger partial charge < -0.3 is 9.80 Å². The van der Waals surface area contributed by atoms with Crippen LogP contribution in [0.4, 0.5) is 10.1 Å². The van der Waals surface area contributed by atoms with Crippen LogP contribution in [0.25, 0.3) is 0 Å². The highest BCUT2D eigenvalue weighted by atomic mass is 19.1. The molecule has 3 rings (SSSR count). The third-order valence-electron chi connectivity index (χ3n) is 6.10. The van der Waals surface area contributed by atoms with E-state index in [1.807, 2.05) is 9.80 Å². The highest BCUT2D eigenvalue weighted by Crippen LogP contribution is 2.26. The van der Waals surface area contributed by atoms with Crippen molar-refractivity contribution in [1.82, 2.24) is 9.80 Å². The van der Waals surface area contributed by atoms with Crippen molar-refractivity contribution in [2.75, 3.05) is 37.6 Å². The minimum Gasteiger partial charge on any atom is -0.366 e. The van der Waals surface area contributed by atoms with E-state index in [1.54, 1.807) is 12.1 Å². The first-order valence-electron chi connectivity index (χ1n) is 10.5. The molecule has 154 valence electrons. The number of amides is 1. The molecular formula is C22H32FN3O2. The number of benzene rings is 1. The lowest BCUT2D eigenvalue weighted by Gasteiger charge is -2.38. The van der Waals surface area contributed by atoms with Crippen molar-refractivity contribution >= 4 is 17.4 Å². The molecule has 2 fully saturated rings. The van der Waals surface area contributed by atoms with Crippen molar-refractivity contribution in [1.29, 1.82) is 0 Å². The Kier molecular flexibility index (Phi) is 6.70. The minimum atomic E-state index is -0.375. The van der Waals surface area contributed by atoms with Gasteiger partial charge in [-0.2, -0.15) is 0 Å². The van der Waals surface area contributed by atoms with Crippen LogP contribution in [0.3, 0.4) is 0 Å². The highest BCUT2D eigenvalue weighted by molar-refractivity contribution is 5.94. The summed E-state index contributed by atoms with van der Waals surface area (Å²) >= 11 is 0. The van der Waals surface area contributed by atoms with E-state index >= 15 is 0 Å². The number of hydrogen-bond acceptors (Lipinski definition) is 4. The van der Waals surface area contributed by atoms with Crippen LogP contribution in [0.1, 0.15) is 56.8 Å². The van der Waals surface area contributed by atoms with Crippen LogP contribution in [-0.4, -0.2) is 66.3 Å². The summed E-state index contributed by atoms with van der Waals surface area (Å²) in [5.41, 5.74) is 0.891. The van der Waals surface area contributed by atoms with Gasteiger partial charge in [0.2, 0.25) is 5.91 Å². The Morgan fingerprint density at radius 2 is 1.79 bits per heavy atom. The van der Waals surface area contributed by atoms with Crippen LogP contribution in [0, 0.1) is 5.82 Å². The molecule has 2 aliphatic rings. The first-order chi connectivity index (χ1) is 13.4. The molecule has 6 heteroatoms. The van der Waals surface area contributed by atoms with Gasteiger partial charge in [-0.1, -0.05) is 12.8 Å². The number of halogens is 1. The fourth-order valence-corrected chi connectivity index (χ4v) is 4.40. The predicted octanol–water partition coefficient (Wildman–Crippen LogP) is 3.33. The molecule has 0 atom stereocenters. The molecule has 1 amide bonds. The maximum Gasteiger partial charge on any atom is 0.236 e. The van der Waals surface area contributed by atoms with Gasteiger partial charge in [-0.15, -0.1) is 0 Å². The third kappa shape index (κ3) is 4.72. The van der Waals surface area contributed by atoms with Crippen molar-refractivity contribution in [3.05, 3.63) is 29.6 Å². The Balaban J connectivity index is 1.57. The first kappa shape index (κ1) is 20.8. The van der Waals surface area contributed by atoms with Crippen molar-refractivity contribution < 1.29 is 14.0 Å². The molecule has 1 saturated heterocycles. The summed E-state index contributed by atoms with van der Waals surface area (Å²) in [5, 5.41) is 0. The van der Waals surface area contributed by atoms with E-state index in [1.165, 1.54) is 38.7 Å².